The predicted molar refractivity (Wildman–Crippen MR) is 155 cm³/mol. The average Bonchev–Trinajstić information content (AvgIpc) is 3.40. The normalized spacial score (nSPS) is 15.5. The van der Waals surface area contributed by atoms with Gasteiger partial charge >= 0.3 is 12.1 Å². The van der Waals surface area contributed by atoms with Gasteiger partial charge in [0.25, 0.3) is 10.0 Å². The van der Waals surface area contributed by atoms with Gasteiger partial charge in [0.1, 0.15) is 6.04 Å². The van der Waals surface area contributed by atoms with E-state index in [1.807, 2.05) is 6.07 Å². The first-order chi connectivity index (χ1) is 20.4. The van der Waals surface area contributed by atoms with Crippen molar-refractivity contribution in [3.8, 4) is 11.1 Å². The Hall–Kier alpha value is -4.64. The summed E-state index contributed by atoms with van der Waals surface area (Å²) >= 11 is 0. The number of aliphatic carboxylic acids is 1. The van der Waals surface area contributed by atoms with E-state index in [0.717, 1.165) is 22.0 Å². The van der Waals surface area contributed by atoms with E-state index in [9.17, 15) is 36.3 Å². The Labute approximate surface area is 246 Å². The van der Waals surface area contributed by atoms with Crippen molar-refractivity contribution in [2.75, 3.05) is 10.8 Å². The van der Waals surface area contributed by atoms with Gasteiger partial charge in [0.2, 0.25) is 5.91 Å². The number of carbonyl (C=O) groups excluding carboxylic acids is 1. The highest BCUT2D eigenvalue weighted by Gasteiger charge is 2.42. The van der Waals surface area contributed by atoms with Gasteiger partial charge in [-0.05, 0) is 59.0 Å². The van der Waals surface area contributed by atoms with E-state index in [2.05, 4.69) is 5.32 Å². The molecule has 0 fully saturated rings. The summed E-state index contributed by atoms with van der Waals surface area (Å²) in [6.07, 6.45) is -4.26. The van der Waals surface area contributed by atoms with Crippen molar-refractivity contribution in [3.05, 3.63) is 120 Å². The largest absolute Gasteiger partial charge is 0.481 e. The van der Waals surface area contributed by atoms with E-state index in [0.29, 0.717) is 16.8 Å². The topological polar surface area (TPSA) is 104 Å². The first kappa shape index (κ1) is 29.8. The maximum absolute atomic E-state index is 13.9. The third-order valence-corrected chi connectivity index (χ3v) is 9.20. The summed E-state index contributed by atoms with van der Waals surface area (Å²) < 4.78 is 68.5. The van der Waals surface area contributed by atoms with Crippen LogP contribution in [0, 0.1) is 5.92 Å². The quantitative estimate of drug-likeness (QED) is 0.259. The molecule has 1 aliphatic heterocycles. The number of amides is 1. The molecule has 7 nitrogen and oxygen atoms in total. The predicted octanol–water partition coefficient (Wildman–Crippen LogP) is 5.55. The summed E-state index contributed by atoms with van der Waals surface area (Å²) in [7, 11) is -4.30. The first-order valence-corrected chi connectivity index (χ1v) is 14.8. The summed E-state index contributed by atoms with van der Waals surface area (Å²) in [5.41, 5.74) is 1.58. The Morgan fingerprint density at radius 3 is 2.23 bits per heavy atom. The van der Waals surface area contributed by atoms with Crippen LogP contribution < -0.4 is 9.62 Å². The van der Waals surface area contributed by atoms with Gasteiger partial charge in [-0.15, -0.1) is 0 Å². The second-order valence-corrected chi connectivity index (χ2v) is 12.0. The van der Waals surface area contributed by atoms with Gasteiger partial charge in [0.05, 0.1) is 22.1 Å². The van der Waals surface area contributed by atoms with Crippen LogP contribution in [0.2, 0.25) is 0 Å². The van der Waals surface area contributed by atoms with Crippen LogP contribution in [0.4, 0.5) is 18.9 Å². The molecule has 43 heavy (non-hydrogen) atoms. The fraction of sp³-hybridized carbons (Fsp3) is 0.188. The number of carbonyl (C=O) groups is 2. The molecule has 0 aromatic heterocycles. The molecule has 222 valence electrons. The summed E-state index contributed by atoms with van der Waals surface area (Å²) in [6.45, 7) is -0.199. The minimum atomic E-state index is -4.52. The summed E-state index contributed by atoms with van der Waals surface area (Å²) in [5, 5.41) is 12.4. The molecular weight excluding hydrogens is 581 g/mol. The molecular formula is C32H27F3N2O5S. The highest BCUT2D eigenvalue weighted by molar-refractivity contribution is 7.93. The number of halogens is 3. The Bertz CT molecular complexity index is 1740. The van der Waals surface area contributed by atoms with E-state index >= 15 is 0 Å². The van der Waals surface area contributed by atoms with Crippen molar-refractivity contribution >= 4 is 27.6 Å². The van der Waals surface area contributed by atoms with Crippen LogP contribution in [0.5, 0.6) is 0 Å². The van der Waals surface area contributed by atoms with Gasteiger partial charge in [-0.1, -0.05) is 72.8 Å². The molecule has 5 rings (SSSR count). The molecule has 2 atom stereocenters. The smallest absolute Gasteiger partial charge is 0.416 e. The van der Waals surface area contributed by atoms with Crippen LogP contribution in [0.3, 0.4) is 0 Å². The van der Waals surface area contributed by atoms with Crippen LogP contribution in [0.1, 0.15) is 16.7 Å². The van der Waals surface area contributed by atoms with Crippen LogP contribution in [0.15, 0.2) is 108 Å². The number of rotatable bonds is 9. The molecule has 4 aromatic rings. The molecule has 2 N–H and O–H groups in total. The zero-order valence-electron chi connectivity index (χ0n) is 22.7. The van der Waals surface area contributed by atoms with Crippen LogP contribution in [0.25, 0.3) is 11.1 Å². The summed E-state index contributed by atoms with van der Waals surface area (Å²) in [6, 6.07) is 24.6. The van der Waals surface area contributed by atoms with Crippen molar-refractivity contribution in [1.82, 2.24) is 5.32 Å². The van der Waals surface area contributed by atoms with Crippen LogP contribution in [-0.2, 0) is 38.6 Å². The lowest BCUT2D eigenvalue weighted by Gasteiger charge is -2.27. The van der Waals surface area contributed by atoms with Crippen molar-refractivity contribution < 1.29 is 36.3 Å². The molecule has 4 aromatic carbocycles. The number of carboxylic acid groups (broad SMARTS) is 1. The number of alkyl halides is 3. The number of benzene rings is 4. The van der Waals surface area contributed by atoms with E-state index in [1.165, 1.54) is 36.4 Å². The number of para-hydroxylation sites is 1. The zero-order chi connectivity index (χ0) is 30.8. The number of hydrogen-bond donors (Lipinski definition) is 2. The van der Waals surface area contributed by atoms with Crippen LogP contribution in [-0.4, -0.2) is 38.0 Å². The van der Waals surface area contributed by atoms with Gasteiger partial charge in [0, 0.05) is 13.0 Å². The van der Waals surface area contributed by atoms with Crippen molar-refractivity contribution in [3.63, 3.8) is 0 Å². The molecule has 0 spiro atoms. The number of carboxylic acids is 1. The minimum Gasteiger partial charge on any atom is -0.481 e. The average molecular weight is 609 g/mol. The molecule has 0 radical (unpaired) electrons. The van der Waals surface area contributed by atoms with Crippen molar-refractivity contribution in [2.45, 2.75) is 30.0 Å². The van der Waals surface area contributed by atoms with E-state index < -0.39 is 45.6 Å². The monoisotopic (exact) mass is 608 g/mol. The molecule has 1 amide bonds. The highest BCUT2D eigenvalue weighted by atomic mass is 32.2. The fourth-order valence-corrected chi connectivity index (χ4v) is 6.80. The summed E-state index contributed by atoms with van der Waals surface area (Å²) in [4.78, 5) is 25.2. The lowest BCUT2D eigenvalue weighted by atomic mass is 9.99. The Morgan fingerprint density at radius 2 is 1.56 bits per heavy atom. The molecule has 0 saturated carbocycles. The lowest BCUT2D eigenvalue weighted by Crippen LogP contribution is -2.49. The molecule has 0 aliphatic carbocycles. The fourth-order valence-electron chi connectivity index (χ4n) is 5.15. The van der Waals surface area contributed by atoms with Gasteiger partial charge in [-0.2, -0.15) is 13.2 Å². The maximum atomic E-state index is 13.9. The SMILES string of the molecule is O=C(O)C(CNC(=O)[C@@H]1Cc2ccccc2N1S(=O)(=O)c1ccc(-c2cccc(C(F)(F)F)c2)cc1)Cc1ccccc1. The zero-order valence-corrected chi connectivity index (χ0v) is 23.5. The Kier molecular flexibility index (Phi) is 8.27. The summed E-state index contributed by atoms with van der Waals surface area (Å²) in [5.74, 6) is -2.66. The second kappa shape index (κ2) is 11.9. The lowest BCUT2D eigenvalue weighted by molar-refractivity contribution is -0.141. The molecule has 1 unspecified atom stereocenters. The first-order valence-electron chi connectivity index (χ1n) is 13.4. The second-order valence-electron chi connectivity index (χ2n) is 10.2. The number of nitrogens with zero attached hydrogens (tertiary/aromatic N) is 1. The number of hydrogen-bond acceptors (Lipinski definition) is 4. The number of sulfonamides is 1. The van der Waals surface area contributed by atoms with Crippen LogP contribution >= 0.6 is 0 Å². The molecule has 0 saturated heterocycles. The van der Waals surface area contributed by atoms with Gasteiger partial charge in [0.15, 0.2) is 0 Å². The molecule has 1 heterocycles. The third-order valence-electron chi connectivity index (χ3n) is 7.36. The molecule has 0 bridgehead atoms. The number of fused-ring (bicyclic) bond motifs is 1. The van der Waals surface area contributed by atoms with E-state index in [4.69, 9.17) is 0 Å². The van der Waals surface area contributed by atoms with Gasteiger partial charge in [-0.25, -0.2) is 8.42 Å². The van der Waals surface area contributed by atoms with E-state index in [1.54, 1.807) is 48.5 Å². The van der Waals surface area contributed by atoms with E-state index in [-0.39, 0.29) is 29.8 Å². The van der Waals surface area contributed by atoms with Crippen molar-refractivity contribution in [2.24, 2.45) is 5.92 Å². The molecule has 11 heteroatoms. The maximum Gasteiger partial charge on any atom is 0.416 e. The van der Waals surface area contributed by atoms with Gasteiger partial charge < -0.3 is 10.4 Å². The van der Waals surface area contributed by atoms with Gasteiger partial charge in [-0.3, -0.25) is 13.9 Å². The van der Waals surface area contributed by atoms with Crippen molar-refractivity contribution in [1.29, 1.82) is 0 Å². The standard InChI is InChI=1S/C32H27F3N2O5S/c33-32(34,35)26-11-6-10-23(18-26)22-13-15-27(16-14-22)43(41,42)37-28-12-5-4-9-24(28)19-29(37)30(38)36-20-25(31(39)40)17-21-7-2-1-3-8-21/h1-16,18,25,29H,17,19-20H2,(H,36,38)(H,39,40)/t25?,29-/m0/s1. The third kappa shape index (κ3) is 6.41. The molecule has 1 aliphatic rings. The minimum absolute atomic E-state index is 0.0833. The number of nitrogens with one attached hydrogen (secondary N) is 1. The number of anilines is 1. The Balaban J connectivity index is 1.39. The Morgan fingerprint density at radius 1 is 0.884 bits per heavy atom. The highest BCUT2D eigenvalue weighted by Crippen LogP contribution is 2.38.